The summed E-state index contributed by atoms with van der Waals surface area (Å²) in [5.74, 6) is -0.813. The molecule has 2 aromatic rings. The second kappa shape index (κ2) is 9.31. The number of rotatable bonds is 5. The Morgan fingerprint density at radius 2 is 1.94 bits per heavy atom. The summed E-state index contributed by atoms with van der Waals surface area (Å²) in [4.78, 5) is 54.0. The second-order valence-electron chi connectivity index (χ2n) is 7.04. The molecular weight excluding hydrogens is 476 g/mol. The van der Waals surface area contributed by atoms with Crippen molar-refractivity contribution < 1.29 is 19.3 Å². The first-order valence-electron chi connectivity index (χ1n) is 9.59. The fourth-order valence-electron chi connectivity index (χ4n) is 3.48. The number of hydrogen-bond acceptors (Lipinski definition) is 8. The molecule has 3 heterocycles. The van der Waals surface area contributed by atoms with E-state index in [1.807, 2.05) is 22.4 Å². The highest BCUT2D eigenvalue weighted by Crippen LogP contribution is 2.34. The Morgan fingerprint density at radius 1 is 1.19 bits per heavy atom. The number of carbonyl (C=O) groups excluding carboxylic acids is 3. The lowest BCUT2D eigenvalue weighted by Gasteiger charge is -2.36. The summed E-state index contributed by atoms with van der Waals surface area (Å²) >= 11 is 8.15. The molecule has 0 N–H and O–H groups in total. The lowest BCUT2D eigenvalue weighted by molar-refractivity contribution is -0.384. The van der Waals surface area contributed by atoms with Crippen LogP contribution in [-0.2, 0) is 9.59 Å². The van der Waals surface area contributed by atoms with Crippen molar-refractivity contribution in [3.05, 3.63) is 60.6 Å². The molecule has 0 aliphatic carbocycles. The Kier molecular flexibility index (Phi) is 6.49. The fourth-order valence-corrected chi connectivity index (χ4v) is 5.21. The molecule has 2 fully saturated rings. The van der Waals surface area contributed by atoms with Crippen molar-refractivity contribution in [2.75, 3.05) is 37.6 Å². The second-order valence-corrected chi connectivity index (χ2v) is 9.45. The number of thioether (sulfide) groups is 1. The maximum atomic E-state index is 12.7. The van der Waals surface area contributed by atoms with E-state index in [0.29, 0.717) is 36.8 Å². The van der Waals surface area contributed by atoms with Crippen LogP contribution in [-0.4, -0.2) is 64.5 Å². The van der Waals surface area contributed by atoms with Gasteiger partial charge >= 0.3 is 0 Å². The zero-order valence-corrected chi connectivity index (χ0v) is 19.0. The van der Waals surface area contributed by atoms with Crippen LogP contribution < -0.4 is 4.90 Å². The number of benzene rings is 1. The van der Waals surface area contributed by atoms with Gasteiger partial charge in [-0.15, -0.1) is 11.3 Å². The van der Waals surface area contributed by atoms with E-state index in [-0.39, 0.29) is 23.2 Å². The molecule has 0 radical (unpaired) electrons. The van der Waals surface area contributed by atoms with Gasteiger partial charge in [-0.05, 0) is 41.4 Å². The number of amides is 3. The van der Waals surface area contributed by atoms with Crippen LogP contribution in [0.2, 0.25) is 5.02 Å². The highest BCUT2D eigenvalue weighted by Gasteiger charge is 2.37. The van der Waals surface area contributed by atoms with Crippen molar-refractivity contribution in [2.24, 2.45) is 0 Å². The van der Waals surface area contributed by atoms with Gasteiger partial charge in [-0.1, -0.05) is 17.7 Å². The maximum Gasteiger partial charge on any atom is 0.294 e. The summed E-state index contributed by atoms with van der Waals surface area (Å²) in [5, 5.41) is 13.0. The molecule has 2 saturated heterocycles. The predicted molar refractivity (Wildman–Crippen MR) is 124 cm³/mol. The summed E-state index contributed by atoms with van der Waals surface area (Å²) in [6.45, 7) is 1.08. The van der Waals surface area contributed by atoms with Crippen LogP contribution in [0, 0.1) is 10.1 Å². The molecule has 32 heavy (non-hydrogen) atoms. The number of nitro benzene ring substituents is 1. The Balaban J connectivity index is 1.38. The molecule has 0 spiro atoms. The number of hydrogen-bond donors (Lipinski definition) is 0. The van der Waals surface area contributed by atoms with Gasteiger partial charge in [0.25, 0.3) is 16.8 Å². The molecule has 3 amide bonds. The molecule has 1 aromatic heterocycles. The minimum absolute atomic E-state index is 0.0902. The number of carbonyl (C=O) groups is 3. The molecule has 0 saturated carbocycles. The molecule has 4 rings (SSSR count). The first-order valence-corrected chi connectivity index (χ1v) is 11.7. The number of nitro groups is 1. The van der Waals surface area contributed by atoms with Crippen LogP contribution in [0.1, 0.15) is 4.88 Å². The molecule has 12 heteroatoms. The molecule has 9 nitrogen and oxygen atoms in total. The molecule has 0 atom stereocenters. The van der Waals surface area contributed by atoms with Gasteiger partial charge in [0, 0.05) is 42.1 Å². The summed E-state index contributed by atoms with van der Waals surface area (Å²) in [7, 11) is 0. The van der Waals surface area contributed by atoms with Crippen molar-refractivity contribution in [3.8, 4) is 0 Å². The van der Waals surface area contributed by atoms with Gasteiger partial charge in [0.15, 0.2) is 0 Å². The van der Waals surface area contributed by atoms with Crippen molar-refractivity contribution >= 4 is 69.2 Å². The SMILES string of the molecule is O=C(CN1C(=O)S/C(=C\c2cccs2)C1=O)N1CCN(c2ccc(Cl)cc2[N+](=O)[O-])CC1. The highest BCUT2D eigenvalue weighted by atomic mass is 35.5. The van der Waals surface area contributed by atoms with Crippen molar-refractivity contribution in [1.82, 2.24) is 9.80 Å². The van der Waals surface area contributed by atoms with E-state index in [0.717, 1.165) is 21.5 Å². The van der Waals surface area contributed by atoms with Gasteiger partial charge in [-0.25, -0.2) is 0 Å². The molecular formula is C20H17ClN4O5S2. The monoisotopic (exact) mass is 492 g/mol. The third-order valence-electron chi connectivity index (χ3n) is 5.09. The zero-order chi connectivity index (χ0) is 22.8. The molecule has 2 aliphatic rings. The topological polar surface area (TPSA) is 104 Å². The standard InChI is InChI=1S/C20H17ClN4O5S2/c21-13-3-4-15(16(10-13)25(29)30)22-5-7-23(8-6-22)18(26)12-24-19(27)17(32-20(24)28)11-14-2-1-9-31-14/h1-4,9-11H,5-8,12H2/b17-11-. The lowest BCUT2D eigenvalue weighted by Crippen LogP contribution is -2.51. The van der Waals surface area contributed by atoms with E-state index in [1.165, 1.54) is 17.4 Å². The minimum atomic E-state index is -0.484. The van der Waals surface area contributed by atoms with E-state index in [2.05, 4.69) is 0 Å². The quantitative estimate of drug-likeness (QED) is 0.356. The fraction of sp³-hybridized carbons (Fsp3) is 0.250. The number of imide groups is 1. The van der Waals surface area contributed by atoms with Crippen molar-refractivity contribution in [1.29, 1.82) is 0 Å². The van der Waals surface area contributed by atoms with Crippen LogP contribution in [0.3, 0.4) is 0 Å². The molecule has 1 aromatic carbocycles. The van der Waals surface area contributed by atoms with Crippen LogP contribution in [0.4, 0.5) is 16.2 Å². The number of piperazine rings is 1. The number of anilines is 1. The van der Waals surface area contributed by atoms with E-state index < -0.39 is 16.1 Å². The number of thiophene rings is 1. The summed E-state index contributed by atoms with van der Waals surface area (Å²) < 4.78 is 0. The van der Waals surface area contributed by atoms with E-state index >= 15 is 0 Å². The Hall–Kier alpha value is -2.89. The highest BCUT2D eigenvalue weighted by molar-refractivity contribution is 8.18. The molecule has 166 valence electrons. The van der Waals surface area contributed by atoms with Crippen molar-refractivity contribution in [3.63, 3.8) is 0 Å². The average molecular weight is 493 g/mol. The smallest absolute Gasteiger partial charge is 0.294 e. The van der Waals surface area contributed by atoms with E-state index in [9.17, 15) is 24.5 Å². The Labute approximate surface area is 196 Å². The van der Waals surface area contributed by atoms with Crippen LogP contribution >= 0.6 is 34.7 Å². The van der Waals surface area contributed by atoms with Gasteiger partial charge in [0.05, 0.1) is 9.83 Å². The minimum Gasteiger partial charge on any atom is -0.362 e. The van der Waals surface area contributed by atoms with Crippen molar-refractivity contribution in [2.45, 2.75) is 0 Å². The third kappa shape index (κ3) is 4.64. The van der Waals surface area contributed by atoms with Gasteiger partial charge in [-0.3, -0.25) is 29.4 Å². The largest absolute Gasteiger partial charge is 0.362 e. The van der Waals surface area contributed by atoms with Crippen LogP contribution in [0.5, 0.6) is 0 Å². The number of nitrogens with zero attached hydrogens (tertiary/aromatic N) is 4. The average Bonchev–Trinajstić information content (AvgIpc) is 3.38. The van der Waals surface area contributed by atoms with Crippen LogP contribution in [0.15, 0.2) is 40.6 Å². The zero-order valence-electron chi connectivity index (χ0n) is 16.6. The normalized spacial score (nSPS) is 18.0. The summed E-state index contributed by atoms with van der Waals surface area (Å²) in [6.07, 6.45) is 1.65. The molecule has 0 bridgehead atoms. The molecule has 0 unspecified atom stereocenters. The molecule has 2 aliphatic heterocycles. The van der Waals surface area contributed by atoms with Crippen LogP contribution in [0.25, 0.3) is 6.08 Å². The predicted octanol–water partition coefficient (Wildman–Crippen LogP) is 3.69. The van der Waals surface area contributed by atoms with Gasteiger partial charge in [-0.2, -0.15) is 0 Å². The first kappa shape index (κ1) is 22.3. The summed E-state index contributed by atoms with van der Waals surface area (Å²) in [5.41, 5.74) is 0.351. The van der Waals surface area contributed by atoms with E-state index in [1.54, 1.807) is 23.1 Å². The maximum absolute atomic E-state index is 12.7. The Bertz CT molecular complexity index is 1110. The third-order valence-corrected chi connectivity index (χ3v) is 7.05. The van der Waals surface area contributed by atoms with Gasteiger partial charge < -0.3 is 9.80 Å². The van der Waals surface area contributed by atoms with Gasteiger partial charge in [0.2, 0.25) is 5.91 Å². The van der Waals surface area contributed by atoms with E-state index in [4.69, 9.17) is 11.6 Å². The Morgan fingerprint density at radius 3 is 2.59 bits per heavy atom. The lowest BCUT2D eigenvalue weighted by atomic mass is 10.2. The summed E-state index contributed by atoms with van der Waals surface area (Å²) in [6, 6.07) is 8.18. The first-order chi connectivity index (χ1) is 15.3. The van der Waals surface area contributed by atoms with Gasteiger partial charge in [0.1, 0.15) is 12.2 Å². The number of halogens is 1.